The van der Waals surface area contributed by atoms with Crippen molar-refractivity contribution in [3.63, 3.8) is 0 Å². The van der Waals surface area contributed by atoms with Gasteiger partial charge in [-0.3, -0.25) is 0 Å². The van der Waals surface area contributed by atoms with Crippen molar-refractivity contribution >= 4 is 34.3 Å². The lowest BCUT2D eigenvalue weighted by atomic mass is 10.1. The standard InChI is InChI=1S/C21H18ClN3O2S/c1-3-25-20(14-7-5-4-6-8-14)23-24-21(25)28-12-15-10-19(26)27-18-9-13(2)17(22)11-16(15)18/h4-11H,3,12H2,1-2H3. The quantitative estimate of drug-likeness (QED) is 0.328. The molecule has 2 heterocycles. The monoisotopic (exact) mass is 411 g/mol. The van der Waals surface area contributed by atoms with Gasteiger partial charge in [0.25, 0.3) is 0 Å². The fourth-order valence-corrected chi connectivity index (χ4v) is 4.25. The molecule has 0 bridgehead atoms. The summed E-state index contributed by atoms with van der Waals surface area (Å²) in [5.41, 5.74) is 2.95. The van der Waals surface area contributed by atoms with Crippen molar-refractivity contribution in [2.24, 2.45) is 0 Å². The summed E-state index contributed by atoms with van der Waals surface area (Å²) in [7, 11) is 0. The summed E-state index contributed by atoms with van der Waals surface area (Å²) in [6, 6.07) is 15.2. The van der Waals surface area contributed by atoms with Crippen LogP contribution in [0.25, 0.3) is 22.4 Å². The van der Waals surface area contributed by atoms with Gasteiger partial charge in [-0.05, 0) is 37.1 Å². The van der Waals surface area contributed by atoms with Crippen LogP contribution in [0.1, 0.15) is 18.1 Å². The van der Waals surface area contributed by atoms with Crippen LogP contribution in [-0.4, -0.2) is 14.8 Å². The SMILES string of the molecule is CCn1c(SCc2cc(=O)oc3cc(C)c(Cl)cc23)nnc1-c1ccccc1. The van der Waals surface area contributed by atoms with Crippen LogP contribution >= 0.6 is 23.4 Å². The Balaban J connectivity index is 1.68. The third kappa shape index (κ3) is 3.57. The molecule has 4 rings (SSSR count). The van der Waals surface area contributed by atoms with Gasteiger partial charge < -0.3 is 8.98 Å². The topological polar surface area (TPSA) is 60.9 Å². The maximum absolute atomic E-state index is 12.0. The van der Waals surface area contributed by atoms with E-state index in [1.807, 2.05) is 43.3 Å². The van der Waals surface area contributed by atoms with Crippen molar-refractivity contribution in [3.8, 4) is 11.4 Å². The normalized spacial score (nSPS) is 11.2. The van der Waals surface area contributed by atoms with Crippen LogP contribution in [0.15, 0.2) is 62.9 Å². The highest BCUT2D eigenvalue weighted by molar-refractivity contribution is 7.98. The van der Waals surface area contributed by atoms with Crippen LogP contribution < -0.4 is 5.63 Å². The Morgan fingerprint density at radius 2 is 1.93 bits per heavy atom. The van der Waals surface area contributed by atoms with Gasteiger partial charge in [0, 0.05) is 34.3 Å². The van der Waals surface area contributed by atoms with Crippen molar-refractivity contribution in [1.29, 1.82) is 0 Å². The maximum atomic E-state index is 12.0. The number of hydrogen-bond acceptors (Lipinski definition) is 5. The van der Waals surface area contributed by atoms with Gasteiger partial charge in [-0.15, -0.1) is 10.2 Å². The largest absolute Gasteiger partial charge is 0.423 e. The first-order chi connectivity index (χ1) is 13.6. The van der Waals surface area contributed by atoms with E-state index in [-0.39, 0.29) is 5.63 Å². The third-order valence-corrected chi connectivity index (χ3v) is 5.95. The molecule has 0 fully saturated rings. The van der Waals surface area contributed by atoms with E-state index >= 15 is 0 Å². The van der Waals surface area contributed by atoms with Gasteiger partial charge >= 0.3 is 5.63 Å². The highest BCUT2D eigenvalue weighted by Gasteiger charge is 2.15. The lowest BCUT2D eigenvalue weighted by molar-refractivity contribution is 0.559. The summed E-state index contributed by atoms with van der Waals surface area (Å²) in [4.78, 5) is 12.0. The summed E-state index contributed by atoms with van der Waals surface area (Å²) < 4.78 is 7.41. The summed E-state index contributed by atoms with van der Waals surface area (Å²) in [5, 5.41) is 11.0. The third-order valence-electron chi connectivity index (χ3n) is 4.53. The predicted molar refractivity (Wildman–Crippen MR) is 113 cm³/mol. The molecule has 0 aliphatic heterocycles. The maximum Gasteiger partial charge on any atom is 0.336 e. The van der Waals surface area contributed by atoms with E-state index in [4.69, 9.17) is 16.0 Å². The Kier molecular flexibility index (Phi) is 5.24. The van der Waals surface area contributed by atoms with Gasteiger partial charge in [0.1, 0.15) is 5.58 Å². The molecule has 0 saturated carbocycles. The molecule has 0 amide bonds. The molecule has 0 atom stereocenters. The van der Waals surface area contributed by atoms with E-state index in [0.717, 1.165) is 39.6 Å². The lowest BCUT2D eigenvalue weighted by Gasteiger charge is -2.09. The minimum Gasteiger partial charge on any atom is -0.423 e. The molecule has 28 heavy (non-hydrogen) atoms. The molecule has 0 unspecified atom stereocenters. The van der Waals surface area contributed by atoms with E-state index in [0.29, 0.717) is 16.4 Å². The van der Waals surface area contributed by atoms with Crippen molar-refractivity contribution in [2.75, 3.05) is 0 Å². The fourth-order valence-electron chi connectivity index (χ4n) is 3.09. The first kappa shape index (κ1) is 18.8. The Hall–Kier alpha value is -2.57. The first-order valence-electron chi connectivity index (χ1n) is 8.91. The molecule has 0 saturated heterocycles. The summed E-state index contributed by atoms with van der Waals surface area (Å²) in [6.45, 7) is 4.70. The molecule has 0 aliphatic carbocycles. The zero-order valence-corrected chi connectivity index (χ0v) is 17.0. The number of aromatic nitrogens is 3. The van der Waals surface area contributed by atoms with E-state index in [1.54, 1.807) is 6.07 Å². The van der Waals surface area contributed by atoms with Crippen LogP contribution in [0.2, 0.25) is 5.02 Å². The van der Waals surface area contributed by atoms with Gasteiger partial charge in [0.2, 0.25) is 0 Å². The zero-order chi connectivity index (χ0) is 19.7. The number of nitrogens with zero attached hydrogens (tertiary/aromatic N) is 3. The molecular formula is C21H18ClN3O2S. The van der Waals surface area contributed by atoms with Crippen LogP contribution in [-0.2, 0) is 12.3 Å². The lowest BCUT2D eigenvalue weighted by Crippen LogP contribution is -2.02. The Bertz CT molecular complexity index is 1200. The minimum absolute atomic E-state index is 0.369. The number of thioether (sulfide) groups is 1. The molecule has 2 aromatic carbocycles. The predicted octanol–water partition coefficient (Wildman–Crippen LogP) is 5.33. The molecule has 0 spiro atoms. The second-order valence-electron chi connectivity index (χ2n) is 6.39. The Morgan fingerprint density at radius 3 is 2.68 bits per heavy atom. The average Bonchev–Trinajstić information content (AvgIpc) is 3.11. The summed E-state index contributed by atoms with van der Waals surface area (Å²) in [5.74, 6) is 1.40. The molecule has 5 nitrogen and oxygen atoms in total. The van der Waals surface area contributed by atoms with Crippen molar-refractivity contribution < 1.29 is 4.42 Å². The first-order valence-corrected chi connectivity index (χ1v) is 10.3. The van der Waals surface area contributed by atoms with E-state index in [1.165, 1.54) is 17.8 Å². The van der Waals surface area contributed by atoms with Crippen LogP contribution in [0.5, 0.6) is 0 Å². The average molecular weight is 412 g/mol. The molecule has 7 heteroatoms. The molecule has 142 valence electrons. The minimum atomic E-state index is -0.369. The Labute approximate surface area is 171 Å². The number of benzene rings is 2. The second-order valence-corrected chi connectivity index (χ2v) is 7.74. The van der Waals surface area contributed by atoms with Gasteiger partial charge in [-0.2, -0.15) is 0 Å². The number of fused-ring (bicyclic) bond motifs is 1. The number of rotatable bonds is 5. The van der Waals surface area contributed by atoms with Crippen LogP contribution in [0, 0.1) is 6.92 Å². The number of hydrogen-bond donors (Lipinski definition) is 0. The molecule has 0 radical (unpaired) electrons. The van der Waals surface area contributed by atoms with Crippen LogP contribution in [0.3, 0.4) is 0 Å². The van der Waals surface area contributed by atoms with Crippen molar-refractivity contribution in [1.82, 2.24) is 14.8 Å². The van der Waals surface area contributed by atoms with Crippen molar-refractivity contribution in [3.05, 3.63) is 75.1 Å². The molecule has 0 N–H and O–H groups in total. The highest BCUT2D eigenvalue weighted by Crippen LogP contribution is 2.30. The van der Waals surface area contributed by atoms with Gasteiger partial charge in [0.15, 0.2) is 11.0 Å². The van der Waals surface area contributed by atoms with Crippen molar-refractivity contribution in [2.45, 2.75) is 31.3 Å². The number of halogens is 1. The summed E-state index contributed by atoms with van der Waals surface area (Å²) >= 11 is 7.82. The smallest absolute Gasteiger partial charge is 0.336 e. The highest BCUT2D eigenvalue weighted by atomic mass is 35.5. The summed E-state index contributed by atoms with van der Waals surface area (Å²) in [6.07, 6.45) is 0. The van der Waals surface area contributed by atoms with Gasteiger partial charge in [0.05, 0.1) is 0 Å². The zero-order valence-electron chi connectivity index (χ0n) is 15.5. The fraction of sp³-hybridized carbons (Fsp3) is 0.190. The van der Waals surface area contributed by atoms with Gasteiger partial charge in [-0.25, -0.2) is 4.79 Å². The van der Waals surface area contributed by atoms with Gasteiger partial charge in [-0.1, -0.05) is 53.7 Å². The Morgan fingerprint density at radius 1 is 1.14 bits per heavy atom. The van der Waals surface area contributed by atoms with E-state index < -0.39 is 0 Å². The molecule has 0 aliphatic rings. The molecular weight excluding hydrogens is 394 g/mol. The van der Waals surface area contributed by atoms with Crippen LogP contribution in [0.4, 0.5) is 0 Å². The molecule has 4 aromatic rings. The second kappa shape index (κ2) is 7.81. The molecule has 2 aromatic heterocycles. The van der Waals surface area contributed by atoms with E-state index in [2.05, 4.69) is 21.7 Å². The van der Waals surface area contributed by atoms with E-state index in [9.17, 15) is 4.79 Å². The number of aryl methyl sites for hydroxylation is 1.